The highest BCUT2D eigenvalue weighted by molar-refractivity contribution is 6.04. The highest BCUT2D eigenvalue weighted by Gasteiger charge is 2.21. The Labute approximate surface area is 159 Å². The fourth-order valence-electron chi connectivity index (χ4n) is 2.48. The molecule has 0 aliphatic rings. The molecule has 0 bridgehead atoms. The van der Waals surface area contributed by atoms with Crippen molar-refractivity contribution in [1.29, 1.82) is 0 Å². The van der Waals surface area contributed by atoms with Crippen molar-refractivity contribution in [2.75, 3.05) is 19.0 Å². The largest absolute Gasteiger partial charge is 0.497 e. The molecule has 2 amide bonds. The quantitative estimate of drug-likeness (QED) is 0.707. The first-order valence-corrected chi connectivity index (χ1v) is 9.07. The lowest BCUT2D eigenvalue weighted by Crippen LogP contribution is -2.33. The van der Waals surface area contributed by atoms with Crippen LogP contribution in [-0.4, -0.2) is 31.6 Å². The molecule has 6 heteroatoms. The Morgan fingerprint density at radius 3 is 2.30 bits per heavy atom. The van der Waals surface area contributed by atoms with E-state index >= 15 is 0 Å². The highest BCUT2D eigenvalue weighted by Crippen LogP contribution is 2.20. The van der Waals surface area contributed by atoms with Crippen LogP contribution < -0.4 is 20.1 Å². The van der Waals surface area contributed by atoms with E-state index in [-0.39, 0.29) is 11.8 Å². The van der Waals surface area contributed by atoms with Crippen LogP contribution >= 0.6 is 0 Å². The number of nitrogens with one attached hydrogen (secondary N) is 2. The van der Waals surface area contributed by atoms with Gasteiger partial charge in [0, 0.05) is 6.54 Å². The zero-order valence-corrected chi connectivity index (χ0v) is 16.0. The van der Waals surface area contributed by atoms with Crippen LogP contribution in [0.5, 0.6) is 11.5 Å². The zero-order chi connectivity index (χ0) is 19.6. The molecule has 27 heavy (non-hydrogen) atoms. The van der Waals surface area contributed by atoms with E-state index in [9.17, 15) is 9.59 Å². The van der Waals surface area contributed by atoms with E-state index in [4.69, 9.17) is 9.47 Å². The fraction of sp³-hybridized carbons (Fsp3) is 0.333. The molecule has 2 rings (SSSR count). The Bertz CT molecular complexity index is 759. The SMILES string of the molecule is CCCNC(=O)c1ccccc1NC(=O)[C@@H](CC)Oc1ccc(OC)cc1. The van der Waals surface area contributed by atoms with E-state index in [2.05, 4.69) is 10.6 Å². The minimum Gasteiger partial charge on any atom is -0.497 e. The van der Waals surface area contributed by atoms with Crippen LogP contribution in [0.1, 0.15) is 37.0 Å². The third kappa shape index (κ3) is 5.74. The summed E-state index contributed by atoms with van der Waals surface area (Å²) in [6.07, 6.45) is 0.654. The van der Waals surface area contributed by atoms with Gasteiger partial charge in [0.1, 0.15) is 11.5 Å². The van der Waals surface area contributed by atoms with Crippen molar-refractivity contribution in [2.24, 2.45) is 0 Å². The summed E-state index contributed by atoms with van der Waals surface area (Å²) >= 11 is 0. The van der Waals surface area contributed by atoms with Gasteiger partial charge in [0.05, 0.1) is 18.4 Å². The average Bonchev–Trinajstić information content (AvgIpc) is 2.70. The minimum atomic E-state index is -0.676. The van der Waals surface area contributed by atoms with Crippen LogP contribution in [0, 0.1) is 0 Å². The van der Waals surface area contributed by atoms with Gasteiger partial charge >= 0.3 is 0 Å². The predicted molar refractivity (Wildman–Crippen MR) is 105 cm³/mol. The zero-order valence-electron chi connectivity index (χ0n) is 16.0. The second-order valence-electron chi connectivity index (χ2n) is 5.98. The highest BCUT2D eigenvalue weighted by atomic mass is 16.5. The van der Waals surface area contributed by atoms with Crippen LogP contribution in [0.4, 0.5) is 5.69 Å². The average molecular weight is 370 g/mol. The van der Waals surface area contributed by atoms with E-state index < -0.39 is 6.10 Å². The van der Waals surface area contributed by atoms with Gasteiger partial charge < -0.3 is 20.1 Å². The lowest BCUT2D eigenvalue weighted by atomic mass is 10.1. The van der Waals surface area contributed by atoms with Gasteiger partial charge in [0.15, 0.2) is 6.10 Å². The molecule has 144 valence electrons. The maximum Gasteiger partial charge on any atom is 0.265 e. The summed E-state index contributed by atoms with van der Waals surface area (Å²) < 4.78 is 10.9. The van der Waals surface area contributed by atoms with Gasteiger partial charge in [-0.05, 0) is 49.2 Å². The maximum atomic E-state index is 12.7. The Balaban J connectivity index is 2.08. The van der Waals surface area contributed by atoms with Crippen molar-refractivity contribution in [2.45, 2.75) is 32.8 Å². The Morgan fingerprint density at radius 2 is 1.67 bits per heavy atom. The maximum absolute atomic E-state index is 12.7. The third-order valence-electron chi connectivity index (χ3n) is 3.97. The molecule has 0 saturated carbocycles. The summed E-state index contributed by atoms with van der Waals surface area (Å²) in [5, 5.41) is 5.63. The van der Waals surface area contributed by atoms with Crippen molar-refractivity contribution in [3.05, 3.63) is 54.1 Å². The summed E-state index contributed by atoms with van der Waals surface area (Å²) in [5.74, 6) is 0.777. The number of anilines is 1. The number of para-hydroxylation sites is 1. The summed E-state index contributed by atoms with van der Waals surface area (Å²) in [6, 6.07) is 14.0. The topological polar surface area (TPSA) is 76.7 Å². The smallest absolute Gasteiger partial charge is 0.265 e. The standard InChI is InChI=1S/C21H26N2O4/c1-4-14-22-20(24)17-8-6-7-9-18(17)23-21(25)19(5-2)27-16-12-10-15(26-3)11-13-16/h6-13,19H,4-5,14H2,1-3H3,(H,22,24)(H,23,25)/t19-/m1/s1. The lowest BCUT2D eigenvalue weighted by Gasteiger charge is -2.18. The second kappa shape index (κ2) is 10.2. The van der Waals surface area contributed by atoms with Crippen LogP contribution in [0.25, 0.3) is 0 Å². The first-order valence-electron chi connectivity index (χ1n) is 9.07. The number of ether oxygens (including phenoxy) is 2. The molecule has 2 aromatic carbocycles. The molecule has 6 nitrogen and oxygen atoms in total. The Kier molecular flexibility index (Phi) is 7.67. The molecule has 0 fully saturated rings. The predicted octanol–water partition coefficient (Wildman–Crippen LogP) is 3.63. The van der Waals surface area contributed by atoms with Gasteiger partial charge in [-0.2, -0.15) is 0 Å². The first kappa shape index (κ1) is 20.3. The first-order chi connectivity index (χ1) is 13.1. The van der Waals surface area contributed by atoms with Crippen LogP contribution in [0.15, 0.2) is 48.5 Å². The Hall–Kier alpha value is -3.02. The molecule has 0 saturated heterocycles. The van der Waals surface area contributed by atoms with Gasteiger partial charge in [-0.15, -0.1) is 0 Å². The van der Waals surface area contributed by atoms with Gasteiger partial charge in [-0.25, -0.2) is 0 Å². The normalized spacial score (nSPS) is 11.4. The van der Waals surface area contributed by atoms with Crippen molar-refractivity contribution < 1.29 is 19.1 Å². The summed E-state index contributed by atoms with van der Waals surface area (Å²) in [4.78, 5) is 25.0. The summed E-state index contributed by atoms with van der Waals surface area (Å²) in [5.41, 5.74) is 0.895. The molecule has 0 aromatic heterocycles. The molecule has 2 aromatic rings. The van der Waals surface area contributed by atoms with Crippen molar-refractivity contribution in [3.8, 4) is 11.5 Å². The van der Waals surface area contributed by atoms with Crippen molar-refractivity contribution in [1.82, 2.24) is 5.32 Å². The van der Waals surface area contributed by atoms with Crippen LogP contribution in [-0.2, 0) is 4.79 Å². The van der Waals surface area contributed by atoms with Gasteiger partial charge in [-0.1, -0.05) is 26.0 Å². The molecule has 2 N–H and O–H groups in total. The van der Waals surface area contributed by atoms with E-state index in [1.165, 1.54) is 0 Å². The molecule has 0 radical (unpaired) electrons. The molecular weight excluding hydrogens is 344 g/mol. The number of hydrogen-bond acceptors (Lipinski definition) is 4. The number of carbonyl (C=O) groups excluding carboxylic acids is 2. The fourth-order valence-corrected chi connectivity index (χ4v) is 2.48. The number of rotatable bonds is 9. The van der Waals surface area contributed by atoms with Gasteiger partial charge in [0.25, 0.3) is 11.8 Å². The summed E-state index contributed by atoms with van der Waals surface area (Å²) in [7, 11) is 1.59. The van der Waals surface area contributed by atoms with Crippen molar-refractivity contribution in [3.63, 3.8) is 0 Å². The lowest BCUT2D eigenvalue weighted by molar-refractivity contribution is -0.122. The number of carbonyl (C=O) groups is 2. The number of methoxy groups -OCH3 is 1. The molecule has 1 atom stereocenters. The molecule has 0 unspecified atom stereocenters. The summed E-state index contributed by atoms with van der Waals surface area (Å²) in [6.45, 7) is 4.43. The van der Waals surface area contributed by atoms with E-state index in [1.54, 1.807) is 55.6 Å². The second-order valence-corrected chi connectivity index (χ2v) is 5.98. The number of hydrogen-bond donors (Lipinski definition) is 2. The molecular formula is C21H26N2O4. The third-order valence-corrected chi connectivity index (χ3v) is 3.97. The van der Waals surface area contributed by atoms with E-state index in [0.717, 1.165) is 6.42 Å². The molecule has 0 heterocycles. The monoisotopic (exact) mass is 370 g/mol. The number of amides is 2. The van der Waals surface area contributed by atoms with Gasteiger partial charge in [-0.3, -0.25) is 9.59 Å². The molecule has 0 aliphatic carbocycles. The van der Waals surface area contributed by atoms with Crippen molar-refractivity contribution >= 4 is 17.5 Å². The van der Waals surface area contributed by atoms with Crippen LogP contribution in [0.3, 0.4) is 0 Å². The molecule has 0 aliphatic heterocycles. The van der Waals surface area contributed by atoms with E-state index in [0.29, 0.717) is 35.7 Å². The van der Waals surface area contributed by atoms with Crippen LogP contribution in [0.2, 0.25) is 0 Å². The molecule has 0 spiro atoms. The minimum absolute atomic E-state index is 0.211. The Morgan fingerprint density at radius 1 is 1.00 bits per heavy atom. The van der Waals surface area contributed by atoms with Gasteiger partial charge in [0.2, 0.25) is 0 Å². The van der Waals surface area contributed by atoms with E-state index in [1.807, 2.05) is 13.8 Å². The number of benzene rings is 2.